The van der Waals surface area contributed by atoms with Gasteiger partial charge in [-0.05, 0) is 30.0 Å². The number of hydrogen-bond acceptors (Lipinski definition) is 6. The molecule has 1 aliphatic rings. The predicted octanol–water partition coefficient (Wildman–Crippen LogP) is 1.58. The molecule has 0 aliphatic carbocycles. The molecule has 0 radical (unpaired) electrons. The van der Waals surface area contributed by atoms with Gasteiger partial charge in [0, 0.05) is 6.54 Å². The first-order valence-corrected chi connectivity index (χ1v) is 9.83. The lowest BCUT2D eigenvalue weighted by molar-refractivity contribution is -0.128. The zero-order valence-corrected chi connectivity index (χ0v) is 16.3. The van der Waals surface area contributed by atoms with E-state index in [0.717, 1.165) is 12.1 Å². The van der Waals surface area contributed by atoms with Gasteiger partial charge in [-0.15, -0.1) is 11.3 Å². The number of nitrogens with one attached hydrogen (secondary N) is 2. The Morgan fingerprint density at radius 2 is 2.07 bits per heavy atom. The quantitative estimate of drug-likeness (QED) is 0.651. The number of amides is 3. The minimum absolute atomic E-state index is 0.00797. The van der Waals surface area contributed by atoms with E-state index < -0.39 is 12.0 Å². The van der Waals surface area contributed by atoms with Crippen LogP contribution in [-0.2, 0) is 9.59 Å². The van der Waals surface area contributed by atoms with Crippen LogP contribution in [0.5, 0.6) is 5.75 Å². The highest BCUT2D eigenvalue weighted by molar-refractivity contribution is 7.14. The summed E-state index contributed by atoms with van der Waals surface area (Å²) in [5.74, 6) is -0.571. The van der Waals surface area contributed by atoms with Crippen LogP contribution in [0.4, 0.5) is 10.7 Å². The number of primary amides is 1. The van der Waals surface area contributed by atoms with E-state index in [-0.39, 0.29) is 30.5 Å². The van der Waals surface area contributed by atoms with Crippen molar-refractivity contribution in [2.75, 3.05) is 29.9 Å². The lowest BCUT2D eigenvalue weighted by Crippen LogP contribution is -2.50. The fourth-order valence-corrected chi connectivity index (χ4v) is 3.70. The molecule has 2 heterocycles. The number of rotatable bonds is 7. The first-order chi connectivity index (χ1) is 13.5. The van der Waals surface area contributed by atoms with Crippen LogP contribution < -0.4 is 26.0 Å². The summed E-state index contributed by atoms with van der Waals surface area (Å²) in [6.45, 7) is 2.79. The zero-order valence-electron chi connectivity index (χ0n) is 15.4. The number of benzene rings is 1. The fraction of sp³-hybridized carbons (Fsp3) is 0.316. The monoisotopic (exact) mass is 402 g/mol. The Hall–Kier alpha value is -3.07. The molecular formula is C19H22N4O4S. The number of carbonyl (C=O) groups excluding carboxylic acids is 3. The van der Waals surface area contributed by atoms with Crippen LogP contribution in [-0.4, -0.2) is 43.5 Å². The number of nitrogens with two attached hydrogens (primary N) is 1. The molecule has 9 heteroatoms. The number of anilines is 2. The van der Waals surface area contributed by atoms with Gasteiger partial charge in [-0.3, -0.25) is 14.4 Å². The molecule has 1 aromatic heterocycles. The Balaban J connectivity index is 1.73. The van der Waals surface area contributed by atoms with Crippen molar-refractivity contribution in [1.82, 2.24) is 5.32 Å². The molecule has 1 aliphatic heterocycles. The summed E-state index contributed by atoms with van der Waals surface area (Å²) in [7, 11) is 0. The van der Waals surface area contributed by atoms with Crippen molar-refractivity contribution in [1.29, 1.82) is 0 Å². The van der Waals surface area contributed by atoms with E-state index in [1.807, 2.05) is 25.1 Å². The fourth-order valence-electron chi connectivity index (χ4n) is 2.89. The third kappa shape index (κ3) is 4.42. The van der Waals surface area contributed by atoms with Crippen molar-refractivity contribution in [3.05, 3.63) is 41.3 Å². The lowest BCUT2D eigenvalue weighted by Gasteiger charge is -2.35. The minimum atomic E-state index is -0.711. The number of para-hydroxylation sites is 2. The van der Waals surface area contributed by atoms with E-state index >= 15 is 0 Å². The van der Waals surface area contributed by atoms with Crippen molar-refractivity contribution in [3.63, 3.8) is 0 Å². The third-order valence-corrected chi connectivity index (χ3v) is 5.05. The van der Waals surface area contributed by atoms with Gasteiger partial charge in [0.2, 0.25) is 5.91 Å². The molecule has 0 unspecified atom stereocenters. The average molecular weight is 402 g/mol. The first kappa shape index (κ1) is 19.7. The molecule has 0 saturated carbocycles. The van der Waals surface area contributed by atoms with E-state index in [2.05, 4.69) is 10.6 Å². The van der Waals surface area contributed by atoms with Crippen LogP contribution in [0, 0.1) is 0 Å². The van der Waals surface area contributed by atoms with Gasteiger partial charge >= 0.3 is 0 Å². The van der Waals surface area contributed by atoms with Gasteiger partial charge < -0.3 is 26.0 Å². The summed E-state index contributed by atoms with van der Waals surface area (Å²) in [6.07, 6.45) is 0.113. The summed E-state index contributed by atoms with van der Waals surface area (Å²) >= 11 is 1.23. The van der Waals surface area contributed by atoms with Gasteiger partial charge in [0.25, 0.3) is 11.8 Å². The number of fused-ring (bicyclic) bond motifs is 1. The first-order valence-electron chi connectivity index (χ1n) is 8.95. The Morgan fingerprint density at radius 3 is 2.82 bits per heavy atom. The Labute approximate surface area is 166 Å². The summed E-state index contributed by atoms with van der Waals surface area (Å²) in [5.41, 5.74) is 6.33. The predicted molar refractivity (Wildman–Crippen MR) is 108 cm³/mol. The number of hydrogen-bond donors (Lipinski definition) is 3. The largest absolute Gasteiger partial charge is 0.477 e. The highest BCUT2D eigenvalue weighted by atomic mass is 32.1. The number of thiophene rings is 1. The summed E-state index contributed by atoms with van der Waals surface area (Å²) in [5, 5.41) is 7.65. The molecule has 0 fully saturated rings. The van der Waals surface area contributed by atoms with Crippen LogP contribution in [0.15, 0.2) is 35.7 Å². The number of carbonyl (C=O) groups is 3. The lowest BCUT2D eigenvalue weighted by atomic mass is 10.1. The second-order valence-corrected chi connectivity index (χ2v) is 7.24. The van der Waals surface area contributed by atoms with Crippen molar-refractivity contribution >= 4 is 39.7 Å². The molecule has 1 aromatic carbocycles. The standard InChI is InChI=1S/C19H22N4O4S/c1-2-8-21-18(26)15-10-23(13-5-3-4-6-14(13)27-15)11-16(24)22-19-12(17(20)25)7-9-28-19/h3-7,9,15H,2,8,10-11H2,1H3,(H2,20,25)(H,21,26)(H,22,24)/t15-/m1/s1. The molecule has 0 spiro atoms. The van der Waals surface area contributed by atoms with Gasteiger partial charge in [-0.2, -0.15) is 0 Å². The van der Waals surface area contributed by atoms with Crippen molar-refractivity contribution in [3.8, 4) is 5.75 Å². The maximum Gasteiger partial charge on any atom is 0.262 e. The molecule has 148 valence electrons. The van der Waals surface area contributed by atoms with E-state index in [9.17, 15) is 14.4 Å². The second kappa shape index (κ2) is 8.75. The molecule has 28 heavy (non-hydrogen) atoms. The van der Waals surface area contributed by atoms with Gasteiger partial charge in [0.15, 0.2) is 6.10 Å². The number of ether oxygens (including phenoxy) is 1. The van der Waals surface area contributed by atoms with Crippen LogP contribution in [0.1, 0.15) is 23.7 Å². The van der Waals surface area contributed by atoms with Crippen molar-refractivity contribution in [2.24, 2.45) is 5.73 Å². The van der Waals surface area contributed by atoms with Gasteiger partial charge in [0.1, 0.15) is 10.8 Å². The topological polar surface area (TPSA) is 114 Å². The molecule has 4 N–H and O–H groups in total. The van der Waals surface area contributed by atoms with Crippen LogP contribution >= 0.6 is 11.3 Å². The summed E-state index contributed by atoms with van der Waals surface area (Å²) in [6, 6.07) is 8.83. The molecule has 2 aromatic rings. The van der Waals surface area contributed by atoms with E-state index in [1.165, 1.54) is 11.3 Å². The van der Waals surface area contributed by atoms with E-state index in [4.69, 9.17) is 10.5 Å². The van der Waals surface area contributed by atoms with Crippen LogP contribution in [0.2, 0.25) is 0 Å². The molecule has 0 saturated heterocycles. The Morgan fingerprint density at radius 1 is 1.29 bits per heavy atom. The molecule has 3 amide bonds. The zero-order chi connectivity index (χ0) is 20.1. The van der Waals surface area contributed by atoms with E-state index in [1.54, 1.807) is 22.4 Å². The SMILES string of the molecule is CCCNC(=O)[C@H]1CN(CC(=O)Nc2sccc2C(N)=O)c2ccccc2O1. The van der Waals surface area contributed by atoms with Gasteiger partial charge in [-0.25, -0.2) is 0 Å². The summed E-state index contributed by atoms with van der Waals surface area (Å²) < 4.78 is 5.81. The molecule has 3 rings (SSSR count). The third-order valence-electron chi connectivity index (χ3n) is 4.22. The molecule has 1 atom stereocenters. The molecule has 0 bridgehead atoms. The smallest absolute Gasteiger partial charge is 0.262 e. The highest BCUT2D eigenvalue weighted by Gasteiger charge is 2.31. The molecular weight excluding hydrogens is 380 g/mol. The normalized spacial score (nSPS) is 15.3. The van der Waals surface area contributed by atoms with Gasteiger partial charge in [0.05, 0.1) is 24.3 Å². The Kier molecular flexibility index (Phi) is 6.15. The maximum atomic E-state index is 12.6. The van der Waals surface area contributed by atoms with Crippen LogP contribution in [0.3, 0.4) is 0 Å². The maximum absolute atomic E-state index is 12.6. The Bertz CT molecular complexity index is 882. The highest BCUT2D eigenvalue weighted by Crippen LogP contribution is 2.33. The average Bonchev–Trinajstić information content (AvgIpc) is 3.14. The van der Waals surface area contributed by atoms with E-state index in [0.29, 0.717) is 17.3 Å². The van der Waals surface area contributed by atoms with Crippen molar-refractivity contribution < 1.29 is 19.1 Å². The molecule has 8 nitrogen and oxygen atoms in total. The second-order valence-electron chi connectivity index (χ2n) is 6.32. The number of nitrogens with zero attached hydrogens (tertiary/aromatic N) is 1. The minimum Gasteiger partial charge on any atom is -0.477 e. The van der Waals surface area contributed by atoms with Gasteiger partial charge in [-0.1, -0.05) is 19.1 Å². The van der Waals surface area contributed by atoms with Crippen LogP contribution in [0.25, 0.3) is 0 Å². The summed E-state index contributed by atoms with van der Waals surface area (Å²) in [4.78, 5) is 38.2. The van der Waals surface area contributed by atoms with Crippen molar-refractivity contribution in [2.45, 2.75) is 19.4 Å².